The molecule has 0 aromatic carbocycles. The van der Waals surface area contributed by atoms with Crippen LogP contribution in [-0.4, -0.2) is 37.1 Å². The van der Waals surface area contributed by atoms with Gasteiger partial charge in [0.15, 0.2) is 0 Å². The van der Waals surface area contributed by atoms with Gasteiger partial charge in [0.25, 0.3) is 0 Å². The molecule has 78 valence electrons. The van der Waals surface area contributed by atoms with E-state index in [9.17, 15) is 4.79 Å². The number of hydrogen-bond donors (Lipinski definition) is 0. The summed E-state index contributed by atoms with van der Waals surface area (Å²) < 4.78 is 5.19. The fraction of sp³-hybridized carbons (Fsp3) is 0.727. The van der Waals surface area contributed by atoms with E-state index in [1.54, 1.807) is 4.90 Å². The Morgan fingerprint density at radius 3 is 3.00 bits per heavy atom. The van der Waals surface area contributed by atoms with Crippen LogP contribution in [0.25, 0.3) is 0 Å². The molecule has 1 aliphatic rings. The van der Waals surface area contributed by atoms with Crippen molar-refractivity contribution in [2.75, 3.05) is 26.3 Å². The van der Waals surface area contributed by atoms with Crippen LogP contribution < -0.4 is 0 Å². The molecule has 1 atom stereocenters. The summed E-state index contributed by atoms with van der Waals surface area (Å²) in [7, 11) is 0. The van der Waals surface area contributed by atoms with Crippen LogP contribution in [0.4, 0.5) is 0 Å². The van der Waals surface area contributed by atoms with Crippen LogP contribution in [0, 0.1) is 18.3 Å². The Morgan fingerprint density at radius 1 is 1.71 bits per heavy atom. The minimum absolute atomic E-state index is 0.0369. The van der Waals surface area contributed by atoms with Crippen molar-refractivity contribution in [1.29, 1.82) is 0 Å². The normalized spacial score (nSPS) is 20.4. The molecule has 0 aromatic heterocycles. The Bertz CT molecular complexity index is 226. The lowest BCUT2D eigenvalue weighted by Gasteiger charge is -2.22. The summed E-state index contributed by atoms with van der Waals surface area (Å²) in [6.45, 7) is 4.47. The van der Waals surface area contributed by atoms with Crippen molar-refractivity contribution in [3.63, 3.8) is 0 Å². The van der Waals surface area contributed by atoms with Gasteiger partial charge in [-0.2, -0.15) is 0 Å². The number of terminal acetylenes is 1. The van der Waals surface area contributed by atoms with Crippen molar-refractivity contribution in [1.82, 2.24) is 4.90 Å². The van der Waals surface area contributed by atoms with Gasteiger partial charge in [-0.25, -0.2) is 0 Å². The topological polar surface area (TPSA) is 29.5 Å². The number of hydrogen-bond acceptors (Lipinski definition) is 2. The van der Waals surface area contributed by atoms with Gasteiger partial charge in [-0.3, -0.25) is 4.79 Å². The maximum atomic E-state index is 11.9. The van der Waals surface area contributed by atoms with Gasteiger partial charge in [0, 0.05) is 13.2 Å². The first-order valence-corrected chi connectivity index (χ1v) is 5.09. The number of ether oxygens (including phenoxy) is 1. The minimum Gasteiger partial charge on any atom is -0.381 e. The quantitative estimate of drug-likeness (QED) is 0.624. The zero-order valence-corrected chi connectivity index (χ0v) is 8.66. The summed E-state index contributed by atoms with van der Waals surface area (Å²) >= 11 is 0. The first-order valence-electron chi connectivity index (χ1n) is 5.09. The molecule has 1 heterocycles. The van der Waals surface area contributed by atoms with Crippen molar-refractivity contribution in [3.8, 4) is 12.3 Å². The van der Waals surface area contributed by atoms with E-state index in [0.29, 0.717) is 19.8 Å². The fourth-order valence-electron chi connectivity index (χ4n) is 1.63. The smallest absolute Gasteiger partial charge is 0.228 e. The van der Waals surface area contributed by atoms with Gasteiger partial charge in [0.05, 0.1) is 19.1 Å². The van der Waals surface area contributed by atoms with E-state index in [1.165, 1.54) is 0 Å². The Kier molecular flexibility index (Phi) is 4.48. The molecular weight excluding hydrogens is 178 g/mol. The Hall–Kier alpha value is -1.01. The number of nitrogens with zero attached hydrogens (tertiary/aromatic N) is 1. The number of carbonyl (C=O) groups excluding carboxylic acids is 1. The molecule has 0 saturated carbocycles. The Balaban J connectivity index is 2.49. The van der Waals surface area contributed by atoms with E-state index in [1.807, 2.05) is 6.92 Å². The highest BCUT2D eigenvalue weighted by Crippen LogP contribution is 2.15. The van der Waals surface area contributed by atoms with Crippen molar-refractivity contribution >= 4 is 5.91 Å². The standard InChI is InChI=1S/C11H17NO2/c1-3-6-12(7-4-2)11(13)10-5-8-14-9-10/h1,10H,4-9H2,2H3. The molecule has 1 amide bonds. The predicted molar refractivity (Wildman–Crippen MR) is 54.6 cm³/mol. The average molecular weight is 195 g/mol. The summed E-state index contributed by atoms with van der Waals surface area (Å²) in [5.41, 5.74) is 0. The summed E-state index contributed by atoms with van der Waals surface area (Å²) in [5.74, 6) is 2.71. The van der Waals surface area contributed by atoms with Gasteiger partial charge in [-0.1, -0.05) is 12.8 Å². The SMILES string of the molecule is C#CCN(CCC)C(=O)C1CCOC1. The first-order chi connectivity index (χ1) is 6.79. The van der Waals surface area contributed by atoms with Crippen molar-refractivity contribution < 1.29 is 9.53 Å². The average Bonchev–Trinajstić information content (AvgIpc) is 2.69. The van der Waals surface area contributed by atoms with Gasteiger partial charge in [0.2, 0.25) is 5.91 Å². The number of amides is 1. The van der Waals surface area contributed by atoms with E-state index >= 15 is 0 Å². The van der Waals surface area contributed by atoms with Crippen molar-refractivity contribution in [2.24, 2.45) is 5.92 Å². The molecule has 1 saturated heterocycles. The highest BCUT2D eigenvalue weighted by Gasteiger charge is 2.26. The van der Waals surface area contributed by atoms with Crippen LogP contribution >= 0.6 is 0 Å². The molecule has 0 aromatic rings. The van der Waals surface area contributed by atoms with E-state index in [0.717, 1.165) is 19.4 Å². The third-order valence-corrected chi connectivity index (χ3v) is 2.37. The van der Waals surface area contributed by atoms with Crippen LogP contribution in [0.1, 0.15) is 19.8 Å². The molecule has 1 unspecified atom stereocenters. The van der Waals surface area contributed by atoms with Gasteiger partial charge in [0.1, 0.15) is 0 Å². The van der Waals surface area contributed by atoms with Crippen LogP contribution in [0.5, 0.6) is 0 Å². The molecule has 1 aliphatic heterocycles. The van der Waals surface area contributed by atoms with Crippen LogP contribution in [0.2, 0.25) is 0 Å². The van der Waals surface area contributed by atoms with E-state index in [2.05, 4.69) is 5.92 Å². The van der Waals surface area contributed by atoms with Crippen LogP contribution in [-0.2, 0) is 9.53 Å². The lowest BCUT2D eigenvalue weighted by molar-refractivity contribution is -0.134. The molecule has 1 rings (SSSR count). The van der Waals surface area contributed by atoms with Gasteiger partial charge < -0.3 is 9.64 Å². The lowest BCUT2D eigenvalue weighted by Crippen LogP contribution is -2.37. The summed E-state index contributed by atoms with van der Waals surface area (Å²) in [4.78, 5) is 13.6. The van der Waals surface area contributed by atoms with E-state index < -0.39 is 0 Å². The van der Waals surface area contributed by atoms with Crippen LogP contribution in [0.15, 0.2) is 0 Å². The van der Waals surface area contributed by atoms with Crippen molar-refractivity contribution in [3.05, 3.63) is 0 Å². The summed E-state index contributed by atoms with van der Waals surface area (Å²) in [6.07, 6.45) is 7.00. The second kappa shape index (κ2) is 5.66. The van der Waals surface area contributed by atoms with Crippen molar-refractivity contribution in [2.45, 2.75) is 19.8 Å². The maximum Gasteiger partial charge on any atom is 0.228 e. The summed E-state index contributed by atoms with van der Waals surface area (Å²) in [5, 5.41) is 0. The molecule has 0 N–H and O–H groups in total. The highest BCUT2D eigenvalue weighted by molar-refractivity contribution is 5.79. The molecule has 0 spiro atoms. The van der Waals surface area contributed by atoms with E-state index in [4.69, 9.17) is 11.2 Å². The zero-order valence-electron chi connectivity index (χ0n) is 8.66. The van der Waals surface area contributed by atoms with Gasteiger partial charge in [-0.05, 0) is 12.8 Å². The molecule has 0 bridgehead atoms. The first kappa shape index (κ1) is 11.1. The Morgan fingerprint density at radius 2 is 2.50 bits per heavy atom. The summed E-state index contributed by atoms with van der Waals surface area (Å²) in [6, 6.07) is 0. The second-order valence-electron chi connectivity index (χ2n) is 3.52. The molecule has 14 heavy (non-hydrogen) atoms. The minimum atomic E-state index is 0.0369. The number of carbonyl (C=O) groups is 1. The third kappa shape index (κ3) is 2.74. The molecule has 3 heteroatoms. The Labute approximate surface area is 85.4 Å². The fourth-order valence-corrected chi connectivity index (χ4v) is 1.63. The predicted octanol–water partition coefficient (Wildman–Crippen LogP) is 0.895. The maximum absolute atomic E-state index is 11.9. The molecule has 1 fully saturated rings. The molecule has 0 radical (unpaired) electrons. The molecule has 0 aliphatic carbocycles. The van der Waals surface area contributed by atoms with Gasteiger partial charge >= 0.3 is 0 Å². The largest absolute Gasteiger partial charge is 0.381 e. The number of rotatable bonds is 4. The van der Waals surface area contributed by atoms with Gasteiger partial charge in [-0.15, -0.1) is 6.42 Å². The zero-order chi connectivity index (χ0) is 10.4. The van der Waals surface area contributed by atoms with E-state index in [-0.39, 0.29) is 11.8 Å². The monoisotopic (exact) mass is 195 g/mol. The van der Waals surface area contributed by atoms with Crippen LogP contribution in [0.3, 0.4) is 0 Å². The second-order valence-corrected chi connectivity index (χ2v) is 3.52. The highest BCUT2D eigenvalue weighted by atomic mass is 16.5. The lowest BCUT2D eigenvalue weighted by atomic mass is 10.1. The third-order valence-electron chi connectivity index (χ3n) is 2.37. The molecule has 3 nitrogen and oxygen atoms in total. The molecular formula is C11H17NO2.